The third-order valence-corrected chi connectivity index (χ3v) is 4.00. The number of alkyl carbamates (subject to hydrolysis) is 1. The van der Waals surface area contributed by atoms with Crippen LogP contribution in [0.2, 0.25) is 0 Å². The molecule has 25 heavy (non-hydrogen) atoms. The smallest absolute Gasteiger partial charge is 0.408 e. The van der Waals surface area contributed by atoms with Gasteiger partial charge in [0.2, 0.25) is 5.91 Å². The number of hydrogen-bond donors (Lipinski definition) is 2. The van der Waals surface area contributed by atoms with Gasteiger partial charge in [0.05, 0.1) is 6.54 Å². The first-order chi connectivity index (χ1) is 11.8. The van der Waals surface area contributed by atoms with E-state index in [9.17, 15) is 9.59 Å². The van der Waals surface area contributed by atoms with Crippen LogP contribution in [-0.2, 0) is 16.1 Å². The lowest BCUT2D eigenvalue weighted by Crippen LogP contribution is -2.41. The zero-order chi connectivity index (χ0) is 18.3. The number of hydrogen-bond acceptors (Lipinski definition) is 4. The standard InChI is InChI=1S/C19H29N3O3/c1-19(2,3)25-18(24)21-12-17(23)20-11-16-9-10-22(14-16)13-15-7-5-4-6-8-15/h4-8,16H,9-14H2,1-3H3,(H,20,23)(H,21,24)/t16-/m1/s1. The Morgan fingerprint density at radius 3 is 2.60 bits per heavy atom. The summed E-state index contributed by atoms with van der Waals surface area (Å²) in [5.41, 5.74) is 0.751. The van der Waals surface area contributed by atoms with Gasteiger partial charge in [-0.3, -0.25) is 9.69 Å². The van der Waals surface area contributed by atoms with Crippen LogP contribution in [0.15, 0.2) is 30.3 Å². The van der Waals surface area contributed by atoms with Crippen molar-refractivity contribution in [2.45, 2.75) is 39.3 Å². The molecular weight excluding hydrogens is 318 g/mol. The van der Waals surface area contributed by atoms with E-state index in [4.69, 9.17) is 4.74 Å². The minimum absolute atomic E-state index is 0.0602. The number of ether oxygens (including phenoxy) is 1. The van der Waals surface area contributed by atoms with Crippen LogP contribution in [0, 0.1) is 5.92 Å². The Morgan fingerprint density at radius 1 is 1.20 bits per heavy atom. The van der Waals surface area contributed by atoms with E-state index in [0.29, 0.717) is 12.5 Å². The fourth-order valence-corrected chi connectivity index (χ4v) is 2.85. The average Bonchev–Trinajstić information content (AvgIpc) is 2.98. The van der Waals surface area contributed by atoms with Gasteiger partial charge < -0.3 is 15.4 Å². The van der Waals surface area contributed by atoms with Crippen molar-refractivity contribution in [1.82, 2.24) is 15.5 Å². The summed E-state index contributed by atoms with van der Waals surface area (Å²) in [5.74, 6) is 0.265. The molecule has 0 unspecified atom stereocenters. The van der Waals surface area contributed by atoms with Crippen molar-refractivity contribution in [2.75, 3.05) is 26.2 Å². The average molecular weight is 347 g/mol. The molecule has 1 aromatic rings. The summed E-state index contributed by atoms with van der Waals surface area (Å²) < 4.78 is 5.10. The minimum Gasteiger partial charge on any atom is -0.444 e. The SMILES string of the molecule is CC(C)(C)OC(=O)NCC(=O)NC[C@H]1CCN(Cc2ccccc2)C1. The molecule has 0 saturated carbocycles. The summed E-state index contributed by atoms with van der Waals surface area (Å²) in [5, 5.41) is 5.36. The lowest BCUT2D eigenvalue weighted by molar-refractivity contribution is -0.120. The van der Waals surface area contributed by atoms with E-state index in [1.54, 1.807) is 20.8 Å². The molecule has 0 aromatic heterocycles. The molecule has 1 heterocycles. The van der Waals surface area contributed by atoms with E-state index >= 15 is 0 Å². The van der Waals surface area contributed by atoms with Crippen LogP contribution in [0.25, 0.3) is 0 Å². The molecule has 0 aliphatic carbocycles. The summed E-state index contributed by atoms with van der Waals surface area (Å²) >= 11 is 0. The predicted molar refractivity (Wildman–Crippen MR) is 97.1 cm³/mol. The fraction of sp³-hybridized carbons (Fsp3) is 0.579. The van der Waals surface area contributed by atoms with Crippen LogP contribution in [0.1, 0.15) is 32.8 Å². The first kappa shape index (κ1) is 19.2. The highest BCUT2D eigenvalue weighted by atomic mass is 16.6. The summed E-state index contributed by atoms with van der Waals surface area (Å²) in [6.07, 6.45) is 0.504. The quantitative estimate of drug-likeness (QED) is 0.827. The van der Waals surface area contributed by atoms with Crippen LogP contribution in [0.5, 0.6) is 0 Å². The molecule has 1 aliphatic heterocycles. The molecule has 6 nitrogen and oxygen atoms in total. The van der Waals surface area contributed by atoms with Crippen molar-refractivity contribution in [2.24, 2.45) is 5.92 Å². The zero-order valence-corrected chi connectivity index (χ0v) is 15.4. The van der Waals surface area contributed by atoms with Crippen molar-refractivity contribution in [3.05, 3.63) is 35.9 Å². The van der Waals surface area contributed by atoms with E-state index in [-0.39, 0.29) is 12.5 Å². The van der Waals surface area contributed by atoms with Gasteiger partial charge in [-0.05, 0) is 45.2 Å². The molecule has 0 bridgehead atoms. The van der Waals surface area contributed by atoms with Gasteiger partial charge in [-0.15, -0.1) is 0 Å². The molecule has 0 radical (unpaired) electrons. The Bertz CT molecular complexity index is 569. The summed E-state index contributed by atoms with van der Waals surface area (Å²) in [6.45, 7) is 8.91. The van der Waals surface area contributed by atoms with Crippen molar-refractivity contribution in [1.29, 1.82) is 0 Å². The first-order valence-corrected chi connectivity index (χ1v) is 8.81. The highest BCUT2D eigenvalue weighted by Gasteiger charge is 2.23. The third kappa shape index (κ3) is 7.56. The molecule has 138 valence electrons. The van der Waals surface area contributed by atoms with Gasteiger partial charge in [-0.1, -0.05) is 30.3 Å². The van der Waals surface area contributed by atoms with Crippen molar-refractivity contribution < 1.29 is 14.3 Å². The maximum absolute atomic E-state index is 11.8. The molecule has 2 amide bonds. The summed E-state index contributed by atoms with van der Waals surface area (Å²) in [4.78, 5) is 25.8. The summed E-state index contributed by atoms with van der Waals surface area (Å²) in [6, 6.07) is 10.4. The number of rotatable bonds is 6. The number of amides is 2. The number of nitrogens with one attached hydrogen (secondary N) is 2. The van der Waals surface area contributed by atoms with Crippen LogP contribution >= 0.6 is 0 Å². The number of nitrogens with zero attached hydrogens (tertiary/aromatic N) is 1. The highest BCUT2D eigenvalue weighted by Crippen LogP contribution is 2.17. The zero-order valence-electron chi connectivity index (χ0n) is 15.4. The highest BCUT2D eigenvalue weighted by molar-refractivity contribution is 5.82. The van der Waals surface area contributed by atoms with Crippen LogP contribution < -0.4 is 10.6 Å². The molecule has 1 aliphatic rings. The molecular formula is C19H29N3O3. The van der Waals surface area contributed by atoms with Gasteiger partial charge in [-0.25, -0.2) is 4.79 Å². The van der Waals surface area contributed by atoms with E-state index in [1.807, 2.05) is 6.07 Å². The van der Waals surface area contributed by atoms with Crippen LogP contribution in [0.3, 0.4) is 0 Å². The van der Waals surface area contributed by atoms with Gasteiger partial charge >= 0.3 is 6.09 Å². The monoisotopic (exact) mass is 347 g/mol. The third-order valence-electron chi connectivity index (χ3n) is 4.00. The maximum atomic E-state index is 11.8. The van der Waals surface area contributed by atoms with Crippen molar-refractivity contribution in [3.63, 3.8) is 0 Å². The molecule has 1 saturated heterocycles. The van der Waals surface area contributed by atoms with Crippen LogP contribution in [0.4, 0.5) is 4.79 Å². The molecule has 1 atom stereocenters. The number of benzene rings is 1. The Kier molecular flexibility index (Phi) is 6.82. The lowest BCUT2D eigenvalue weighted by atomic mass is 10.1. The van der Waals surface area contributed by atoms with Crippen molar-refractivity contribution >= 4 is 12.0 Å². The number of carbonyl (C=O) groups excluding carboxylic acids is 2. The van der Waals surface area contributed by atoms with Gasteiger partial charge in [-0.2, -0.15) is 0 Å². The minimum atomic E-state index is -0.572. The topological polar surface area (TPSA) is 70.7 Å². The molecule has 2 N–H and O–H groups in total. The largest absolute Gasteiger partial charge is 0.444 e. The molecule has 2 rings (SSSR count). The Morgan fingerprint density at radius 2 is 1.92 bits per heavy atom. The Labute approximate surface area is 149 Å². The number of likely N-dealkylation sites (tertiary alicyclic amines) is 1. The van der Waals surface area contributed by atoms with E-state index in [0.717, 1.165) is 26.1 Å². The van der Waals surface area contributed by atoms with Crippen molar-refractivity contribution in [3.8, 4) is 0 Å². The van der Waals surface area contributed by atoms with Crippen LogP contribution in [-0.4, -0.2) is 48.7 Å². The molecule has 1 fully saturated rings. The second kappa shape index (κ2) is 8.85. The van der Waals surface area contributed by atoms with E-state index < -0.39 is 11.7 Å². The van der Waals surface area contributed by atoms with Gasteiger partial charge in [0.1, 0.15) is 5.60 Å². The van der Waals surface area contributed by atoms with Gasteiger partial charge in [0.15, 0.2) is 0 Å². The Balaban J connectivity index is 1.62. The fourth-order valence-electron chi connectivity index (χ4n) is 2.85. The number of carbonyl (C=O) groups is 2. The second-order valence-electron chi connectivity index (χ2n) is 7.53. The Hall–Kier alpha value is -2.08. The van der Waals surface area contributed by atoms with Gasteiger partial charge in [0, 0.05) is 19.6 Å². The van der Waals surface area contributed by atoms with E-state index in [2.05, 4.69) is 39.8 Å². The normalized spacial score (nSPS) is 18.0. The molecule has 0 spiro atoms. The first-order valence-electron chi connectivity index (χ1n) is 8.81. The molecule has 1 aromatic carbocycles. The summed E-state index contributed by atoms with van der Waals surface area (Å²) in [7, 11) is 0. The molecule has 6 heteroatoms. The van der Waals surface area contributed by atoms with Gasteiger partial charge in [0.25, 0.3) is 0 Å². The predicted octanol–water partition coefficient (Wildman–Crippen LogP) is 2.15. The second-order valence-corrected chi connectivity index (χ2v) is 7.53. The van der Waals surface area contributed by atoms with E-state index in [1.165, 1.54) is 5.56 Å². The lowest BCUT2D eigenvalue weighted by Gasteiger charge is -2.19. The maximum Gasteiger partial charge on any atom is 0.408 e.